The van der Waals surface area contributed by atoms with E-state index in [1.165, 1.54) is 0 Å². The van der Waals surface area contributed by atoms with E-state index in [4.69, 9.17) is 5.53 Å². The van der Waals surface area contributed by atoms with Crippen LogP contribution in [0.1, 0.15) is 5.56 Å². The van der Waals surface area contributed by atoms with Crippen LogP contribution < -0.4 is 0 Å². The molecule has 0 bridgehead atoms. The molecule has 5 heteroatoms. The summed E-state index contributed by atoms with van der Waals surface area (Å²) in [7, 11) is 0. The van der Waals surface area contributed by atoms with E-state index in [2.05, 4.69) is 26.0 Å². The van der Waals surface area contributed by atoms with Gasteiger partial charge in [-0.25, -0.2) is 0 Å². The zero-order valence-corrected chi connectivity index (χ0v) is 7.69. The van der Waals surface area contributed by atoms with Crippen LogP contribution in [0.15, 0.2) is 27.8 Å². The molecule has 0 aliphatic carbocycles. The maximum atomic E-state index is 9.26. The van der Waals surface area contributed by atoms with Gasteiger partial charge in [0.15, 0.2) is 0 Å². The molecule has 0 aliphatic rings. The van der Waals surface area contributed by atoms with Crippen molar-refractivity contribution in [2.24, 2.45) is 5.11 Å². The van der Waals surface area contributed by atoms with Gasteiger partial charge in [-0.15, -0.1) is 0 Å². The van der Waals surface area contributed by atoms with Gasteiger partial charge in [-0.3, -0.25) is 0 Å². The Morgan fingerprint density at radius 2 is 2.33 bits per heavy atom. The Morgan fingerprint density at radius 1 is 1.58 bits per heavy atom. The maximum Gasteiger partial charge on any atom is 0.118 e. The molecule has 0 unspecified atom stereocenters. The third kappa shape index (κ3) is 2.15. The summed E-state index contributed by atoms with van der Waals surface area (Å²) < 4.78 is 0.850. The molecule has 1 rings (SSSR count). The van der Waals surface area contributed by atoms with E-state index in [1.54, 1.807) is 18.2 Å². The lowest BCUT2D eigenvalue weighted by atomic mass is 10.2. The lowest BCUT2D eigenvalue weighted by Crippen LogP contribution is -1.81. The average Bonchev–Trinajstić information content (AvgIpc) is 2.07. The average molecular weight is 228 g/mol. The van der Waals surface area contributed by atoms with E-state index in [0.717, 1.165) is 4.47 Å². The van der Waals surface area contributed by atoms with Gasteiger partial charge in [0.25, 0.3) is 0 Å². The van der Waals surface area contributed by atoms with Crippen molar-refractivity contribution in [2.45, 2.75) is 6.54 Å². The van der Waals surface area contributed by atoms with Crippen LogP contribution in [-0.4, -0.2) is 5.11 Å². The molecule has 0 radical (unpaired) electrons. The van der Waals surface area contributed by atoms with Crippen molar-refractivity contribution in [2.75, 3.05) is 0 Å². The number of halogens is 1. The molecule has 0 aromatic heterocycles. The molecule has 1 aromatic rings. The molecule has 0 saturated heterocycles. The van der Waals surface area contributed by atoms with Crippen molar-refractivity contribution in [1.29, 1.82) is 0 Å². The van der Waals surface area contributed by atoms with Gasteiger partial charge in [-0.2, -0.15) is 0 Å². The van der Waals surface area contributed by atoms with Gasteiger partial charge in [-0.1, -0.05) is 21.0 Å². The standard InChI is InChI=1S/C7H6BrN3O/c8-6-1-2-7(12)5(3-6)4-10-11-9/h1-3,12H,4H2. The minimum atomic E-state index is 0.144. The summed E-state index contributed by atoms with van der Waals surface area (Å²) in [5.74, 6) is 0.144. The zero-order valence-electron chi connectivity index (χ0n) is 6.11. The number of hydrogen-bond donors (Lipinski definition) is 1. The molecule has 0 atom stereocenters. The third-order valence-electron chi connectivity index (χ3n) is 1.35. The third-order valence-corrected chi connectivity index (χ3v) is 1.84. The second-order valence-electron chi connectivity index (χ2n) is 2.16. The van der Waals surface area contributed by atoms with Crippen molar-refractivity contribution in [3.8, 4) is 5.75 Å². The topological polar surface area (TPSA) is 69.0 Å². The van der Waals surface area contributed by atoms with E-state index < -0.39 is 0 Å². The number of aromatic hydroxyl groups is 1. The lowest BCUT2D eigenvalue weighted by Gasteiger charge is -1.99. The number of hydrogen-bond acceptors (Lipinski definition) is 2. The molecule has 4 nitrogen and oxygen atoms in total. The van der Waals surface area contributed by atoms with Gasteiger partial charge in [0.05, 0.1) is 6.54 Å². The molecule has 0 spiro atoms. The Kier molecular flexibility index (Phi) is 2.96. The van der Waals surface area contributed by atoms with Gasteiger partial charge < -0.3 is 5.11 Å². The van der Waals surface area contributed by atoms with Gasteiger partial charge in [0.1, 0.15) is 5.75 Å². The van der Waals surface area contributed by atoms with Gasteiger partial charge >= 0.3 is 0 Å². The molecular weight excluding hydrogens is 222 g/mol. The molecular formula is C7H6BrN3O. The van der Waals surface area contributed by atoms with Crippen LogP contribution in [0.3, 0.4) is 0 Å². The second kappa shape index (κ2) is 3.99. The fourth-order valence-corrected chi connectivity index (χ4v) is 1.20. The van der Waals surface area contributed by atoms with E-state index in [1.807, 2.05) is 0 Å². The highest BCUT2D eigenvalue weighted by molar-refractivity contribution is 9.10. The van der Waals surface area contributed by atoms with Crippen molar-refractivity contribution in [1.82, 2.24) is 0 Å². The van der Waals surface area contributed by atoms with Crippen molar-refractivity contribution in [3.63, 3.8) is 0 Å². The van der Waals surface area contributed by atoms with E-state index in [9.17, 15) is 5.11 Å². The minimum absolute atomic E-state index is 0.144. The monoisotopic (exact) mass is 227 g/mol. The summed E-state index contributed by atoms with van der Waals surface area (Å²) in [6.07, 6.45) is 0. The normalized spacial score (nSPS) is 9.08. The maximum absolute atomic E-state index is 9.26. The highest BCUT2D eigenvalue weighted by Gasteiger charge is 1.99. The molecule has 12 heavy (non-hydrogen) atoms. The van der Waals surface area contributed by atoms with Crippen LogP contribution in [0.5, 0.6) is 5.75 Å². The predicted octanol–water partition coefficient (Wildman–Crippen LogP) is 2.97. The van der Waals surface area contributed by atoms with Gasteiger partial charge in [0.2, 0.25) is 0 Å². The summed E-state index contributed by atoms with van der Waals surface area (Å²) in [6.45, 7) is 0.168. The predicted molar refractivity (Wildman–Crippen MR) is 48.7 cm³/mol. The second-order valence-corrected chi connectivity index (χ2v) is 3.08. The molecule has 0 heterocycles. The molecule has 1 aromatic carbocycles. The summed E-state index contributed by atoms with van der Waals surface area (Å²) >= 11 is 3.24. The fraction of sp³-hybridized carbons (Fsp3) is 0.143. The fourth-order valence-electron chi connectivity index (χ4n) is 0.789. The number of benzene rings is 1. The van der Waals surface area contributed by atoms with Crippen LogP contribution in [0.4, 0.5) is 0 Å². The summed E-state index contributed by atoms with van der Waals surface area (Å²) in [5.41, 5.74) is 8.67. The van der Waals surface area contributed by atoms with Crippen molar-refractivity contribution in [3.05, 3.63) is 38.7 Å². The molecule has 62 valence electrons. The van der Waals surface area contributed by atoms with Crippen LogP contribution >= 0.6 is 15.9 Å². The number of phenolic OH excluding ortho intramolecular Hbond substituents is 1. The van der Waals surface area contributed by atoms with E-state index >= 15 is 0 Å². The summed E-state index contributed by atoms with van der Waals surface area (Å²) in [6, 6.07) is 4.98. The van der Waals surface area contributed by atoms with Crippen LogP contribution in [0.25, 0.3) is 10.4 Å². The first-order valence-corrected chi connectivity index (χ1v) is 4.01. The van der Waals surface area contributed by atoms with Crippen LogP contribution in [0, 0.1) is 0 Å². The molecule has 0 fully saturated rings. The number of azide groups is 1. The Morgan fingerprint density at radius 3 is 3.00 bits per heavy atom. The Bertz CT molecular complexity index is 333. The number of rotatable bonds is 2. The summed E-state index contributed by atoms with van der Waals surface area (Å²) in [5, 5.41) is 12.6. The Balaban J connectivity index is 2.96. The van der Waals surface area contributed by atoms with Crippen LogP contribution in [0.2, 0.25) is 0 Å². The first-order valence-electron chi connectivity index (χ1n) is 3.22. The molecule has 0 aliphatic heterocycles. The highest BCUT2D eigenvalue weighted by atomic mass is 79.9. The minimum Gasteiger partial charge on any atom is -0.508 e. The van der Waals surface area contributed by atoms with Gasteiger partial charge in [0, 0.05) is 14.9 Å². The van der Waals surface area contributed by atoms with E-state index in [-0.39, 0.29) is 12.3 Å². The smallest absolute Gasteiger partial charge is 0.118 e. The number of nitrogens with zero attached hydrogens (tertiary/aromatic N) is 3. The quantitative estimate of drug-likeness (QED) is 0.471. The Hall–Kier alpha value is -1.19. The van der Waals surface area contributed by atoms with Crippen molar-refractivity contribution < 1.29 is 5.11 Å². The number of phenols is 1. The van der Waals surface area contributed by atoms with Crippen molar-refractivity contribution >= 4 is 15.9 Å². The zero-order chi connectivity index (χ0) is 8.97. The lowest BCUT2D eigenvalue weighted by molar-refractivity contribution is 0.468. The highest BCUT2D eigenvalue weighted by Crippen LogP contribution is 2.22. The van der Waals surface area contributed by atoms with Gasteiger partial charge in [-0.05, 0) is 23.7 Å². The molecule has 0 amide bonds. The largest absolute Gasteiger partial charge is 0.508 e. The van der Waals surface area contributed by atoms with E-state index in [0.29, 0.717) is 5.56 Å². The first-order chi connectivity index (χ1) is 5.74. The van der Waals surface area contributed by atoms with Crippen LogP contribution in [-0.2, 0) is 6.54 Å². The molecule has 0 saturated carbocycles. The first kappa shape index (κ1) is 8.90. The Labute approximate surface area is 77.6 Å². The SMILES string of the molecule is [N-]=[N+]=NCc1cc(Br)ccc1O. The molecule has 1 N–H and O–H groups in total. The summed E-state index contributed by atoms with van der Waals surface area (Å²) in [4.78, 5) is 2.60.